The van der Waals surface area contributed by atoms with Crippen LogP contribution in [0, 0.1) is 0 Å². The number of rotatable bonds is 3. The smallest absolute Gasteiger partial charge is 0.0943 e. The first-order valence-electron chi connectivity index (χ1n) is 5.95. The standard InChI is InChI=1S/C12H20N2S/c1-9(13)7-12-14-11(8-15-12)10-5-3-2-4-6-10/h8-10H,2-7,13H2,1H3. The third-order valence-corrected chi connectivity index (χ3v) is 3.98. The molecule has 15 heavy (non-hydrogen) atoms. The first-order valence-corrected chi connectivity index (χ1v) is 6.83. The van der Waals surface area contributed by atoms with Crippen molar-refractivity contribution in [2.75, 3.05) is 0 Å². The summed E-state index contributed by atoms with van der Waals surface area (Å²) in [5.41, 5.74) is 7.11. The molecule has 0 aliphatic heterocycles. The normalized spacial score (nSPS) is 20.4. The average Bonchev–Trinajstić information content (AvgIpc) is 2.67. The Balaban J connectivity index is 1.99. The van der Waals surface area contributed by atoms with E-state index in [2.05, 4.69) is 5.38 Å². The maximum atomic E-state index is 5.78. The second-order valence-electron chi connectivity index (χ2n) is 4.68. The van der Waals surface area contributed by atoms with E-state index in [1.165, 1.54) is 42.8 Å². The largest absolute Gasteiger partial charge is 0.328 e. The lowest BCUT2D eigenvalue weighted by Gasteiger charge is -2.19. The maximum Gasteiger partial charge on any atom is 0.0943 e. The van der Waals surface area contributed by atoms with E-state index in [1.54, 1.807) is 11.3 Å². The lowest BCUT2D eigenvalue weighted by Crippen LogP contribution is -2.17. The van der Waals surface area contributed by atoms with Crippen LogP contribution in [0.25, 0.3) is 0 Å². The molecule has 2 N–H and O–H groups in total. The topological polar surface area (TPSA) is 38.9 Å². The Morgan fingerprint density at radius 3 is 2.87 bits per heavy atom. The van der Waals surface area contributed by atoms with E-state index >= 15 is 0 Å². The molecule has 1 fully saturated rings. The molecule has 1 aromatic rings. The van der Waals surface area contributed by atoms with Crippen molar-refractivity contribution in [3.05, 3.63) is 16.1 Å². The Bertz CT molecular complexity index is 300. The molecule has 0 saturated heterocycles. The predicted octanol–water partition coefficient (Wildman–Crippen LogP) is 3.08. The van der Waals surface area contributed by atoms with Crippen molar-refractivity contribution in [1.82, 2.24) is 4.98 Å². The molecule has 1 aromatic heterocycles. The molecule has 1 unspecified atom stereocenters. The van der Waals surface area contributed by atoms with Crippen molar-refractivity contribution in [2.24, 2.45) is 5.73 Å². The summed E-state index contributed by atoms with van der Waals surface area (Å²) in [6, 6.07) is 0.232. The average molecular weight is 224 g/mol. The van der Waals surface area contributed by atoms with Gasteiger partial charge < -0.3 is 5.73 Å². The highest BCUT2D eigenvalue weighted by molar-refractivity contribution is 7.09. The van der Waals surface area contributed by atoms with Crippen molar-refractivity contribution in [3.8, 4) is 0 Å². The van der Waals surface area contributed by atoms with Crippen LogP contribution in [-0.2, 0) is 6.42 Å². The molecule has 2 nitrogen and oxygen atoms in total. The molecule has 1 saturated carbocycles. The van der Waals surface area contributed by atoms with Gasteiger partial charge in [-0.25, -0.2) is 4.98 Å². The summed E-state index contributed by atoms with van der Waals surface area (Å²) in [4.78, 5) is 4.71. The van der Waals surface area contributed by atoms with Crippen LogP contribution >= 0.6 is 11.3 Å². The maximum absolute atomic E-state index is 5.78. The van der Waals surface area contributed by atoms with Gasteiger partial charge in [-0.3, -0.25) is 0 Å². The van der Waals surface area contributed by atoms with Gasteiger partial charge in [0.15, 0.2) is 0 Å². The molecular weight excluding hydrogens is 204 g/mol. The van der Waals surface area contributed by atoms with Crippen LogP contribution in [-0.4, -0.2) is 11.0 Å². The van der Waals surface area contributed by atoms with E-state index in [4.69, 9.17) is 10.7 Å². The molecule has 1 atom stereocenters. The van der Waals surface area contributed by atoms with Gasteiger partial charge in [-0.2, -0.15) is 0 Å². The van der Waals surface area contributed by atoms with Crippen LogP contribution < -0.4 is 5.73 Å². The first kappa shape index (κ1) is 11.1. The van der Waals surface area contributed by atoms with Crippen LogP contribution in [0.15, 0.2) is 5.38 Å². The van der Waals surface area contributed by atoms with Gasteiger partial charge in [0.05, 0.1) is 10.7 Å². The zero-order chi connectivity index (χ0) is 10.7. The molecular formula is C12H20N2S. The molecule has 1 aliphatic rings. The fraction of sp³-hybridized carbons (Fsp3) is 0.750. The van der Waals surface area contributed by atoms with Crippen molar-refractivity contribution in [2.45, 2.75) is 57.4 Å². The van der Waals surface area contributed by atoms with Gasteiger partial charge >= 0.3 is 0 Å². The first-order chi connectivity index (χ1) is 7.25. The number of thiazole rings is 1. The van der Waals surface area contributed by atoms with Crippen LogP contribution in [0.2, 0.25) is 0 Å². The quantitative estimate of drug-likeness (QED) is 0.857. The highest BCUT2D eigenvalue weighted by Crippen LogP contribution is 2.33. The summed E-state index contributed by atoms with van der Waals surface area (Å²) >= 11 is 1.78. The Labute approximate surface area is 95.9 Å². The fourth-order valence-electron chi connectivity index (χ4n) is 2.28. The van der Waals surface area contributed by atoms with Gasteiger partial charge in [0.25, 0.3) is 0 Å². The summed E-state index contributed by atoms with van der Waals surface area (Å²) in [7, 11) is 0. The predicted molar refractivity (Wildman–Crippen MR) is 65.3 cm³/mol. The minimum absolute atomic E-state index is 0.232. The zero-order valence-corrected chi connectivity index (χ0v) is 10.2. The molecule has 3 heteroatoms. The molecule has 2 rings (SSSR count). The molecule has 0 amide bonds. The van der Waals surface area contributed by atoms with E-state index in [1.807, 2.05) is 6.92 Å². The minimum atomic E-state index is 0.232. The van der Waals surface area contributed by atoms with Gasteiger partial charge in [0.1, 0.15) is 0 Å². The highest BCUT2D eigenvalue weighted by atomic mass is 32.1. The molecule has 0 radical (unpaired) electrons. The van der Waals surface area contributed by atoms with Crippen molar-refractivity contribution in [3.63, 3.8) is 0 Å². The minimum Gasteiger partial charge on any atom is -0.328 e. The molecule has 0 spiro atoms. The van der Waals surface area contributed by atoms with Crippen LogP contribution in [0.3, 0.4) is 0 Å². The number of nitrogens with zero attached hydrogens (tertiary/aromatic N) is 1. The Morgan fingerprint density at radius 2 is 2.20 bits per heavy atom. The summed E-state index contributed by atoms with van der Waals surface area (Å²) in [6.07, 6.45) is 7.77. The van der Waals surface area contributed by atoms with Gasteiger partial charge in [-0.15, -0.1) is 11.3 Å². The molecule has 84 valence electrons. The van der Waals surface area contributed by atoms with E-state index in [0.29, 0.717) is 0 Å². The second kappa shape index (κ2) is 5.08. The van der Waals surface area contributed by atoms with Gasteiger partial charge in [0.2, 0.25) is 0 Å². The lowest BCUT2D eigenvalue weighted by atomic mass is 9.87. The number of hydrogen-bond donors (Lipinski definition) is 1. The van der Waals surface area contributed by atoms with Crippen LogP contribution in [0.4, 0.5) is 0 Å². The van der Waals surface area contributed by atoms with E-state index < -0.39 is 0 Å². The summed E-state index contributed by atoms with van der Waals surface area (Å²) < 4.78 is 0. The van der Waals surface area contributed by atoms with Crippen molar-refractivity contribution >= 4 is 11.3 Å². The Morgan fingerprint density at radius 1 is 1.47 bits per heavy atom. The summed E-state index contributed by atoms with van der Waals surface area (Å²) in [5, 5.41) is 3.46. The van der Waals surface area contributed by atoms with Gasteiger partial charge in [-0.05, 0) is 19.8 Å². The lowest BCUT2D eigenvalue weighted by molar-refractivity contribution is 0.437. The molecule has 1 heterocycles. The SMILES string of the molecule is CC(N)Cc1nc(C2CCCCC2)cs1. The van der Waals surface area contributed by atoms with Crippen molar-refractivity contribution in [1.29, 1.82) is 0 Å². The van der Waals surface area contributed by atoms with E-state index in [-0.39, 0.29) is 6.04 Å². The van der Waals surface area contributed by atoms with Crippen LogP contribution in [0.5, 0.6) is 0 Å². The third kappa shape index (κ3) is 3.02. The van der Waals surface area contributed by atoms with E-state index in [9.17, 15) is 0 Å². The fourth-order valence-corrected chi connectivity index (χ4v) is 3.30. The Hall–Kier alpha value is -0.410. The zero-order valence-electron chi connectivity index (χ0n) is 9.41. The second-order valence-corrected chi connectivity index (χ2v) is 5.63. The monoisotopic (exact) mass is 224 g/mol. The van der Waals surface area contributed by atoms with E-state index in [0.717, 1.165) is 12.3 Å². The van der Waals surface area contributed by atoms with Gasteiger partial charge in [-0.1, -0.05) is 19.3 Å². The van der Waals surface area contributed by atoms with Gasteiger partial charge in [0, 0.05) is 23.8 Å². The number of nitrogens with two attached hydrogens (primary N) is 1. The third-order valence-electron chi connectivity index (χ3n) is 3.09. The Kier molecular flexibility index (Phi) is 3.76. The van der Waals surface area contributed by atoms with Crippen molar-refractivity contribution < 1.29 is 0 Å². The number of aromatic nitrogens is 1. The van der Waals surface area contributed by atoms with Crippen LogP contribution in [0.1, 0.15) is 55.6 Å². The highest BCUT2D eigenvalue weighted by Gasteiger charge is 2.18. The summed E-state index contributed by atoms with van der Waals surface area (Å²) in [6.45, 7) is 2.04. The summed E-state index contributed by atoms with van der Waals surface area (Å²) in [5.74, 6) is 0.733. The molecule has 0 aromatic carbocycles. The molecule has 1 aliphatic carbocycles. The number of hydrogen-bond acceptors (Lipinski definition) is 3. The molecule has 0 bridgehead atoms.